The van der Waals surface area contributed by atoms with Gasteiger partial charge >= 0.3 is 0 Å². The predicted octanol–water partition coefficient (Wildman–Crippen LogP) is 2.00. The Hall–Kier alpha value is -1.20. The highest BCUT2D eigenvalue weighted by Crippen LogP contribution is 2.44. The highest BCUT2D eigenvalue weighted by molar-refractivity contribution is 8.00. The van der Waals surface area contributed by atoms with Crippen molar-refractivity contribution in [2.45, 2.75) is 30.0 Å². The minimum absolute atomic E-state index is 0.175. The SMILES string of the molecule is CC1=NOC(N2c3ccccc3SC2O)C1. The quantitative estimate of drug-likeness (QED) is 0.810. The van der Waals surface area contributed by atoms with Crippen LogP contribution in [0.1, 0.15) is 13.3 Å². The van der Waals surface area contributed by atoms with Gasteiger partial charge in [0.25, 0.3) is 0 Å². The topological polar surface area (TPSA) is 45.1 Å². The van der Waals surface area contributed by atoms with Crippen molar-refractivity contribution in [1.29, 1.82) is 0 Å². The molecule has 0 radical (unpaired) electrons. The molecule has 16 heavy (non-hydrogen) atoms. The molecule has 0 aliphatic carbocycles. The summed E-state index contributed by atoms with van der Waals surface area (Å²) >= 11 is 1.44. The van der Waals surface area contributed by atoms with Crippen LogP contribution in [0.25, 0.3) is 0 Å². The Bertz CT molecular complexity index is 449. The van der Waals surface area contributed by atoms with Crippen molar-refractivity contribution in [2.75, 3.05) is 4.90 Å². The summed E-state index contributed by atoms with van der Waals surface area (Å²) in [4.78, 5) is 8.28. The first-order chi connectivity index (χ1) is 7.75. The average Bonchev–Trinajstić information content (AvgIpc) is 2.80. The molecule has 5 heteroatoms. The molecule has 0 bridgehead atoms. The van der Waals surface area contributed by atoms with Gasteiger partial charge in [-0.2, -0.15) is 0 Å². The van der Waals surface area contributed by atoms with Gasteiger partial charge in [-0.1, -0.05) is 29.1 Å². The number of oxime groups is 1. The number of fused-ring (bicyclic) bond motifs is 1. The number of hydrogen-bond donors (Lipinski definition) is 1. The maximum absolute atomic E-state index is 10.0. The van der Waals surface area contributed by atoms with Crippen LogP contribution in [-0.4, -0.2) is 22.6 Å². The highest BCUT2D eigenvalue weighted by Gasteiger charge is 2.37. The van der Waals surface area contributed by atoms with E-state index in [0.717, 1.165) is 22.7 Å². The van der Waals surface area contributed by atoms with Gasteiger partial charge in [0.1, 0.15) is 0 Å². The average molecular weight is 236 g/mol. The number of rotatable bonds is 1. The minimum Gasteiger partial charge on any atom is -0.370 e. The second-order valence-corrected chi connectivity index (χ2v) is 5.01. The van der Waals surface area contributed by atoms with Crippen molar-refractivity contribution in [3.8, 4) is 0 Å². The van der Waals surface area contributed by atoms with Gasteiger partial charge in [-0.25, -0.2) is 0 Å². The third-order valence-corrected chi connectivity index (χ3v) is 3.76. The van der Waals surface area contributed by atoms with E-state index in [9.17, 15) is 5.11 Å². The van der Waals surface area contributed by atoms with Crippen molar-refractivity contribution in [3.63, 3.8) is 0 Å². The lowest BCUT2D eigenvalue weighted by Crippen LogP contribution is -2.39. The number of thioether (sulfide) groups is 1. The van der Waals surface area contributed by atoms with Crippen LogP contribution >= 0.6 is 11.8 Å². The van der Waals surface area contributed by atoms with E-state index in [-0.39, 0.29) is 6.23 Å². The van der Waals surface area contributed by atoms with Crippen LogP contribution in [-0.2, 0) is 4.84 Å². The van der Waals surface area contributed by atoms with Crippen LogP contribution in [0.2, 0.25) is 0 Å². The third-order valence-electron chi connectivity index (χ3n) is 2.72. The normalized spacial score (nSPS) is 27.6. The zero-order valence-electron chi connectivity index (χ0n) is 8.83. The molecule has 4 nitrogen and oxygen atoms in total. The molecule has 0 fully saturated rings. The molecule has 1 N–H and O–H groups in total. The van der Waals surface area contributed by atoms with Crippen LogP contribution in [0.3, 0.4) is 0 Å². The summed E-state index contributed by atoms with van der Waals surface area (Å²) in [5.74, 6) is 0. The molecule has 2 unspecified atom stereocenters. The van der Waals surface area contributed by atoms with Crippen molar-refractivity contribution >= 4 is 23.2 Å². The molecule has 2 atom stereocenters. The van der Waals surface area contributed by atoms with Crippen LogP contribution in [0.15, 0.2) is 34.3 Å². The Morgan fingerprint density at radius 2 is 2.31 bits per heavy atom. The molecule has 2 aliphatic rings. The van der Waals surface area contributed by atoms with Crippen LogP contribution in [0, 0.1) is 0 Å². The van der Waals surface area contributed by atoms with Crippen molar-refractivity contribution in [1.82, 2.24) is 0 Å². The number of aliphatic hydroxyl groups excluding tert-OH is 1. The summed E-state index contributed by atoms with van der Waals surface area (Å²) < 4.78 is 0. The Kier molecular flexibility index (Phi) is 2.29. The lowest BCUT2D eigenvalue weighted by atomic mass is 10.2. The zero-order valence-corrected chi connectivity index (χ0v) is 9.65. The lowest BCUT2D eigenvalue weighted by molar-refractivity contribution is 0.0616. The Morgan fingerprint density at radius 1 is 1.50 bits per heavy atom. The molecule has 0 saturated carbocycles. The maximum atomic E-state index is 10.0. The first-order valence-electron chi connectivity index (χ1n) is 5.17. The fourth-order valence-electron chi connectivity index (χ4n) is 1.98. The number of benzene rings is 1. The van der Waals surface area contributed by atoms with E-state index in [4.69, 9.17) is 4.84 Å². The zero-order chi connectivity index (χ0) is 11.1. The minimum atomic E-state index is -0.580. The van der Waals surface area contributed by atoms with E-state index < -0.39 is 5.56 Å². The molecule has 1 aromatic rings. The fraction of sp³-hybridized carbons (Fsp3) is 0.364. The number of para-hydroxylation sites is 1. The number of nitrogens with zero attached hydrogens (tertiary/aromatic N) is 2. The Labute approximate surface area is 97.9 Å². The fourth-order valence-corrected chi connectivity index (χ4v) is 3.03. The molecule has 1 aromatic carbocycles. The largest absolute Gasteiger partial charge is 0.370 e. The highest BCUT2D eigenvalue weighted by atomic mass is 32.2. The number of aliphatic hydroxyl groups is 1. The first kappa shape index (κ1) is 9.99. The standard InChI is InChI=1S/C11H12N2O2S/c1-7-6-10(15-12-7)13-8-4-2-3-5-9(8)16-11(13)14/h2-5,10-11,14H,6H2,1H3. The van der Waals surface area contributed by atoms with Crippen LogP contribution in [0.5, 0.6) is 0 Å². The van der Waals surface area contributed by atoms with E-state index in [1.807, 2.05) is 36.1 Å². The summed E-state index contributed by atoms with van der Waals surface area (Å²) in [7, 11) is 0. The summed E-state index contributed by atoms with van der Waals surface area (Å²) in [6, 6.07) is 7.94. The van der Waals surface area contributed by atoms with Crippen molar-refractivity contribution in [2.24, 2.45) is 5.16 Å². The molecular formula is C11H12N2O2S. The second kappa shape index (κ2) is 3.68. The van der Waals surface area contributed by atoms with E-state index >= 15 is 0 Å². The summed E-state index contributed by atoms with van der Waals surface area (Å²) in [6.45, 7) is 1.93. The van der Waals surface area contributed by atoms with E-state index in [1.54, 1.807) is 0 Å². The predicted molar refractivity (Wildman–Crippen MR) is 63.4 cm³/mol. The molecular weight excluding hydrogens is 224 g/mol. The molecule has 0 saturated heterocycles. The molecule has 2 aliphatic heterocycles. The lowest BCUT2D eigenvalue weighted by Gasteiger charge is -2.26. The molecule has 0 spiro atoms. The van der Waals surface area contributed by atoms with Gasteiger partial charge in [-0.15, -0.1) is 0 Å². The van der Waals surface area contributed by atoms with E-state index in [1.165, 1.54) is 11.8 Å². The molecule has 0 aromatic heterocycles. The number of anilines is 1. The van der Waals surface area contributed by atoms with Gasteiger partial charge in [0, 0.05) is 11.3 Å². The molecule has 0 amide bonds. The smallest absolute Gasteiger partial charge is 0.208 e. The second-order valence-electron chi connectivity index (χ2n) is 3.91. The third kappa shape index (κ3) is 1.47. The summed E-state index contributed by atoms with van der Waals surface area (Å²) in [5.41, 5.74) is 1.41. The van der Waals surface area contributed by atoms with Gasteiger partial charge in [0.05, 0.1) is 11.4 Å². The van der Waals surface area contributed by atoms with Crippen molar-refractivity contribution < 1.29 is 9.94 Å². The summed E-state index contributed by atoms with van der Waals surface area (Å²) in [5, 5.41) is 13.9. The van der Waals surface area contributed by atoms with E-state index in [2.05, 4.69) is 5.16 Å². The molecule has 84 valence electrons. The Balaban J connectivity index is 1.91. The van der Waals surface area contributed by atoms with Gasteiger partial charge in [0.2, 0.25) is 6.23 Å². The monoisotopic (exact) mass is 236 g/mol. The Morgan fingerprint density at radius 3 is 3.06 bits per heavy atom. The van der Waals surface area contributed by atoms with E-state index in [0.29, 0.717) is 0 Å². The van der Waals surface area contributed by atoms with Gasteiger partial charge < -0.3 is 9.94 Å². The summed E-state index contributed by atoms with van der Waals surface area (Å²) in [6.07, 6.45) is 0.567. The first-order valence-corrected chi connectivity index (χ1v) is 6.05. The van der Waals surface area contributed by atoms with Gasteiger partial charge in [-0.05, 0) is 19.1 Å². The molecule has 2 heterocycles. The maximum Gasteiger partial charge on any atom is 0.208 e. The van der Waals surface area contributed by atoms with Gasteiger partial charge in [0.15, 0.2) is 5.56 Å². The van der Waals surface area contributed by atoms with Crippen molar-refractivity contribution in [3.05, 3.63) is 24.3 Å². The molecule has 3 rings (SSSR count). The van der Waals surface area contributed by atoms with Crippen LogP contribution in [0.4, 0.5) is 5.69 Å². The van der Waals surface area contributed by atoms with Gasteiger partial charge in [-0.3, -0.25) is 4.90 Å². The number of hydrogen-bond acceptors (Lipinski definition) is 5. The van der Waals surface area contributed by atoms with Crippen LogP contribution < -0.4 is 4.90 Å².